The van der Waals surface area contributed by atoms with Gasteiger partial charge in [-0.05, 0) is 53.6 Å². The molecule has 0 saturated carbocycles. The van der Waals surface area contributed by atoms with Crippen molar-refractivity contribution in [1.29, 1.82) is 0 Å². The summed E-state index contributed by atoms with van der Waals surface area (Å²) >= 11 is 1.79. The second-order valence-electron chi connectivity index (χ2n) is 14.4. The number of thiophene rings is 1. The lowest BCUT2D eigenvalue weighted by atomic mass is 10.0. The van der Waals surface area contributed by atoms with Crippen LogP contribution in [0.3, 0.4) is 0 Å². The fraction of sp³-hybridized carbons (Fsp3) is 0. The quantitative estimate of drug-likeness (QED) is 0.176. The normalized spacial score (nSPS) is 11.9. The molecule has 0 bridgehead atoms. The molecule has 0 amide bonds. The van der Waals surface area contributed by atoms with Gasteiger partial charge in [0.25, 0.3) is 0 Å². The third kappa shape index (κ3) is 4.91. The van der Waals surface area contributed by atoms with Crippen LogP contribution in [0.4, 0.5) is 0 Å². The monoisotopic (exact) mass is 745 g/mol. The van der Waals surface area contributed by atoms with E-state index in [0.717, 1.165) is 49.7 Å². The van der Waals surface area contributed by atoms with Crippen LogP contribution in [0.15, 0.2) is 188 Å². The van der Waals surface area contributed by atoms with E-state index in [1.54, 1.807) is 11.3 Å². The number of benzene rings is 8. The largest absolute Gasteiger partial charge is 0.309 e. The SMILES string of the molecule is c1ccc(-c2cccc(-n3c4ccccc4c4ccc5c(c6ccccc6n5-c5nc(-c6ccccc6)nc(-c6cccc7c6sc6ccccc67)n5)c43)c2)cc1. The zero-order valence-corrected chi connectivity index (χ0v) is 31.4. The van der Waals surface area contributed by atoms with E-state index in [1.807, 2.05) is 18.2 Å². The number of para-hydroxylation sites is 2. The van der Waals surface area contributed by atoms with Crippen molar-refractivity contribution < 1.29 is 0 Å². The van der Waals surface area contributed by atoms with Crippen LogP contribution < -0.4 is 0 Å². The molecular formula is C51H31N5S. The molecule has 8 aromatic carbocycles. The number of hydrogen-bond donors (Lipinski definition) is 0. The summed E-state index contributed by atoms with van der Waals surface area (Å²) in [5.74, 6) is 1.86. The van der Waals surface area contributed by atoms with Crippen molar-refractivity contribution in [3.05, 3.63) is 188 Å². The van der Waals surface area contributed by atoms with Crippen LogP contribution in [0.2, 0.25) is 0 Å². The maximum absolute atomic E-state index is 5.38. The van der Waals surface area contributed by atoms with E-state index in [1.165, 1.54) is 42.1 Å². The lowest BCUT2D eigenvalue weighted by Gasteiger charge is -2.12. The van der Waals surface area contributed by atoms with Gasteiger partial charge in [-0.3, -0.25) is 4.57 Å². The lowest BCUT2D eigenvalue weighted by molar-refractivity contribution is 0.954. The fourth-order valence-corrected chi connectivity index (χ4v) is 9.88. The molecule has 5 nitrogen and oxygen atoms in total. The van der Waals surface area contributed by atoms with Crippen molar-refractivity contribution in [3.8, 4) is 45.5 Å². The van der Waals surface area contributed by atoms with Gasteiger partial charge in [0, 0.05) is 58.5 Å². The molecule has 0 atom stereocenters. The Morgan fingerprint density at radius 1 is 0.386 bits per heavy atom. The van der Waals surface area contributed by atoms with Crippen LogP contribution in [0.5, 0.6) is 0 Å². The van der Waals surface area contributed by atoms with E-state index < -0.39 is 0 Å². The minimum Gasteiger partial charge on any atom is -0.309 e. The van der Waals surface area contributed by atoms with Gasteiger partial charge < -0.3 is 4.57 Å². The van der Waals surface area contributed by atoms with E-state index in [2.05, 4.69) is 179 Å². The summed E-state index contributed by atoms with van der Waals surface area (Å²) < 4.78 is 7.08. The molecule has 0 radical (unpaired) electrons. The van der Waals surface area contributed by atoms with Gasteiger partial charge in [-0.15, -0.1) is 11.3 Å². The molecule has 0 aliphatic heterocycles. The van der Waals surface area contributed by atoms with Gasteiger partial charge in [-0.1, -0.05) is 146 Å². The van der Waals surface area contributed by atoms with Gasteiger partial charge in [-0.25, -0.2) is 4.98 Å². The summed E-state index contributed by atoms with van der Waals surface area (Å²) in [6.45, 7) is 0. The highest BCUT2D eigenvalue weighted by molar-refractivity contribution is 7.26. The Hall–Kier alpha value is -7.41. The van der Waals surface area contributed by atoms with Crippen molar-refractivity contribution >= 4 is 75.1 Å². The first-order valence-electron chi connectivity index (χ1n) is 19.1. The van der Waals surface area contributed by atoms with E-state index in [-0.39, 0.29) is 0 Å². The molecule has 6 heteroatoms. The van der Waals surface area contributed by atoms with Crippen molar-refractivity contribution in [2.75, 3.05) is 0 Å². The first-order chi connectivity index (χ1) is 28.3. The molecule has 4 heterocycles. The predicted octanol–water partition coefficient (Wildman–Crippen LogP) is 13.4. The van der Waals surface area contributed by atoms with E-state index in [9.17, 15) is 0 Å². The van der Waals surface area contributed by atoms with E-state index in [4.69, 9.17) is 15.0 Å². The summed E-state index contributed by atoms with van der Waals surface area (Å²) in [6.07, 6.45) is 0. The molecule has 0 fully saturated rings. The minimum absolute atomic E-state index is 0.580. The second-order valence-corrected chi connectivity index (χ2v) is 15.5. The molecule has 4 aromatic heterocycles. The smallest absolute Gasteiger partial charge is 0.238 e. The Morgan fingerprint density at radius 3 is 1.84 bits per heavy atom. The van der Waals surface area contributed by atoms with Gasteiger partial charge in [0.2, 0.25) is 5.95 Å². The molecule has 12 aromatic rings. The third-order valence-corrected chi connectivity index (χ3v) is 12.4. The van der Waals surface area contributed by atoms with Crippen LogP contribution >= 0.6 is 11.3 Å². The van der Waals surface area contributed by atoms with Gasteiger partial charge in [0.1, 0.15) is 0 Å². The Morgan fingerprint density at radius 2 is 1.02 bits per heavy atom. The van der Waals surface area contributed by atoms with Crippen molar-refractivity contribution in [1.82, 2.24) is 24.1 Å². The van der Waals surface area contributed by atoms with E-state index in [0.29, 0.717) is 17.6 Å². The average Bonchev–Trinajstić information content (AvgIpc) is 3.95. The van der Waals surface area contributed by atoms with Gasteiger partial charge in [0.15, 0.2) is 11.6 Å². The number of hydrogen-bond acceptors (Lipinski definition) is 4. The number of aromatic nitrogens is 5. The fourth-order valence-electron chi connectivity index (χ4n) is 8.67. The van der Waals surface area contributed by atoms with E-state index >= 15 is 0 Å². The first-order valence-corrected chi connectivity index (χ1v) is 19.9. The molecular weight excluding hydrogens is 715 g/mol. The topological polar surface area (TPSA) is 48.5 Å². The van der Waals surface area contributed by atoms with Crippen LogP contribution in [0.1, 0.15) is 0 Å². The van der Waals surface area contributed by atoms with Crippen molar-refractivity contribution in [2.45, 2.75) is 0 Å². The zero-order chi connectivity index (χ0) is 37.5. The summed E-state index contributed by atoms with van der Waals surface area (Å²) in [7, 11) is 0. The van der Waals surface area contributed by atoms with Gasteiger partial charge in [0.05, 0.1) is 22.1 Å². The maximum Gasteiger partial charge on any atom is 0.238 e. The Balaban J connectivity index is 1.17. The Labute approximate surface area is 331 Å². The maximum atomic E-state index is 5.38. The number of nitrogens with zero attached hydrogens (tertiary/aromatic N) is 5. The minimum atomic E-state index is 0.580. The molecule has 0 unspecified atom stereocenters. The highest BCUT2D eigenvalue weighted by atomic mass is 32.1. The molecule has 57 heavy (non-hydrogen) atoms. The van der Waals surface area contributed by atoms with Crippen molar-refractivity contribution in [3.63, 3.8) is 0 Å². The molecule has 0 saturated heterocycles. The van der Waals surface area contributed by atoms with Crippen LogP contribution in [-0.4, -0.2) is 24.1 Å². The Kier molecular flexibility index (Phi) is 7.03. The number of rotatable bonds is 5. The zero-order valence-electron chi connectivity index (χ0n) is 30.5. The highest BCUT2D eigenvalue weighted by Gasteiger charge is 2.23. The summed E-state index contributed by atoms with van der Waals surface area (Å²) in [4.78, 5) is 15.9. The predicted molar refractivity (Wildman–Crippen MR) is 238 cm³/mol. The Bertz CT molecular complexity index is 3520. The first kappa shape index (κ1) is 31.9. The number of fused-ring (bicyclic) bond motifs is 10. The van der Waals surface area contributed by atoms with Crippen LogP contribution in [-0.2, 0) is 0 Å². The lowest BCUT2D eigenvalue weighted by Crippen LogP contribution is -2.06. The second kappa shape index (κ2) is 12.6. The van der Waals surface area contributed by atoms with Crippen LogP contribution in [0, 0.1) is 0 Å². The highest BCUT2D eigenvalue weighted by Crippen LogP contribution is 2.43. The summed E-state index contributed by atoms with van der Waals surface area (Å²) in [6, 6.07) is 66.7. The molecule has 12 rings (SSSR count). The summed E-state index contributed by atoms with van der Waals surface area (Å²) in [5.41, 5.74) is 9.78. The van der Waals surface area contributed by atoms with Crippen molar-refractivity contribution in [2.24, 2.45) is 0 Å². The average molecular weight is 746 g/mol. The molecule has 0 N–H and O–H groups in total. The molecule has 0 aliphatic rings. The van der Waals surface area contributed by atoms with Gasteiger partial charge >= 0.3 is 0 Å². The molecule has 0 aliphatic carbocycles. The summed E-state index contributed by atoms with van der Waals surface area (Å²) in [5, 5.41) is 7.15. The van der Waals surface area contributed by atoms with Gasteiger partial charge in [-0.2, -0.15) is 9.97 Å². The third-order valence-electron chi connectivity index (χ3n) is 11.2. The van der Waals surface area contributed by atoms with Crippen LogP contribution in [0.25, 0.3) is 109 Å². The molecule has 266 valence electrons. The molecule has 0 spiro atoms. The standard InChI is InChI=1S/C51H31N5S/c1-3-15-32(16-4-1)34-19-13-20-35(31-34)55-42-26-10-7-21-36(42)38-29-30-44-46(47(38)55)40-23-8-11-27-43(40)56(44)51-53-49(33-17-5-2-6-18-33)52-50(54-51)41-25-14-24-39-37-22-9-12-28-45(37)57-48(39)41/h1-31H.